The Labute approximate surface area is 134 Å². The molecule has 0 atom stereocenters. The van der Waals surface area contributed by atoms with Crippen molar-refractivity contribution >= 4 is 11.9 Å². The van der Waals surface area contributed by atoms with Crippen LogP contribution in [0.25, 0.3) is 0 Å². The van der Waals surface area contributed by atoms with Gasteiger partial charge in [-0.05, 0) is 43.4 Å². The van der Waals surface area contributed by atoms with Crippen LogP contribution in [-0.4, -0.2) is 25.2 Å². The summed E-state index contributed by atoms with van der Waals surface area (Å²) in [6.45, 7) is 9.12. The van der Waals surface area contributed by atoms with Crippen LogP contribution in [0.2, 0.25) is 0 Å². The second kappa shape index (κ2) is 9.86. The highest BCUT2D eigenvalue weighted by atomic mass is 16.6. The van der Waals surface area contributed by atoms with Gasteiger partial charge in [0, 0.05) is 0 Å². The molecule has 0 unspecified atom stereocenters. The zero-order chi connectivity index (χ0) is 16.5. The monoisotopic (exact) mass is 312 g/mol. The third-order valence-electron chi connectivity index (χ3n) is 4.26. The Morgan fingerprint density at radius 1 is 0.864 bits per heavy atom. The van der Waals surface area contributed by atoms with E-state index in [0.717, 1.165) is 38.5 Å². The summed E-state index contributed by atoms with van der Waals surface area (Å²) in [5.74, 6) is -0.435. The molecular formula is C18H32O4. The van der Waals surface area contributed by atoms with Gasteiger partial charge < -0.3 is 9.47 Å². The quantitative estimate of drug-likeness (QED) is 0.477. The molecule has 4 nitrogen and oxygen atoms in total. The second-order valence-electron chi connectivity index (χ2n) is 7.22. The van der Waals surface area contributed by atoms with Gasteiger partial charge in [-0.25, -0.2) is 0 Å². The van der Waals surface area contributed by atoms with Gasteiger partial charge >= 0.3 is 11.9 Å². The molecule has 0 aromatic carbocycles. The first kappa shape index (κ1) is 19.0. The average Bonchev–Trinajstić information content (AvgIpc) is 2.91. The van der Waals surface area contributed by atoms with Crippen LogP contribution in [0.1, 0.15) is 66.2 Å². The molecule has 1 aliphatic carbocycles. The molecular weight excluding hydrogens is 280 g/mol. The zero-order valence-corrected chi connectivity index (χ0v) is 14.6. The van der Waals surface area contributed by atoms with E-state index in [1.807, 2.05) is 0 Å². The van der Waals surface area contributed by atoms with Gasteiger partial charge in [-0.1, -0.05) is 40.5 Å². The molecule has 0 bridgehead atoms. The number of esters is 2. The Hall–Kier alpha value is -1.06. The third-order valence-corrected chi connectivity index (χ3v) is 4.26. The summed E-state index contributed by atoms with van der Waals surface area (Å²) in [6, 6.07) is 0. The van der Waals surface area contributed by atoms with Crippen molar-refractivity contribution in [1.29, 1.82) is 0 Å². The summed E-state index contributed by atoms with van der Waals surface area (Å²) in [5.41, 5.74) is 0. The topological polar surface area (TPSA) is 52.6 Å². The van der Waals surface area contributed by atoms with Crippen molar-refractivity contribution in [2.45, 2.75) is 66.2 Å². The summed E-state index contributed by atoms with van der Waals surface area (Å²) in [7, 11) is 0. The third kappa shape index (κ3) is 6.80. The maximum Gasteiger partial charge on any atom is 0.320 e. The van der Waals surface area contributed by atoms with Crippen molar-refractivity contribution in [3.05, 3.63) is 0 Å². The maximum atomic E-state index is 12.3. The van der Waals surface area contributed by atoms with Crippen molar-refractivity contribution in [1.82, 2.24) is 0 Å². The molecule has 0 saturated heterocycles. The lowest BCUT2D eigenvalue weighted by atomic mass is 9.91. The Kier molecular flexibility index (Phi) is 8.51. The van der Waals surface area contributed by atoms with Gasteiger partial charge in [0.15, 0.2) is 5.92 Å². The highest BCUT2D eigenvalue weighted by molar-refractivity contribution is 5.95. The Balaban J connectivity index is 2.54. The lowest BCUT2D eigenvalue weighted by molar-refractivity contribution is -0.165. The van der Waals surface area contributed by atoms with Crippen LogP contribution in [0.15, 0.2) is 0 Å². The minimum atomic E-state index is -0.721. The summed E-state index contributed by atoms with van der Waals surface area (Å²) in [6.07, 6.45) is 5.66. The van der Waals surface area contributed by atoms with Crippen LogP contribution < -0.4 is 0 Å². The van der Waals surface area contributed by atoms with Crippen molar-refractivity contribution < 1.29 is 19.1 Å². The number of carbonyl (C=O) groups excluding carboxylic acids is 2. The van der Waals surface area contributed by atoms with E-state index in [-0.39, 0.29) is 17.9 Å². The predicted octanol–water partition coefficient (Wildman–Crippen LogP) is 3.97. The van der Waals surface area contributed by atoms with Crippen molar-refractivity contribution in [2.75, 3.05) is 13.2 Å². The first-order valence-corrected chi connectivity index (χ1v) is 8.75. The highest BCUT2D eigenvalue weighted by Gasteiger charge is 2.38. The van der Waals surface area contributed by atoms with Crippen molar-refractivity contribution in [3.63, 3.8) is 0 Å². The number of carbonyl (C=O) groups is 2. The van der Waals surface area contributed by atoms with Crippen LogP contribution in [0.3, 0.4) is 0 Å². The minimum absolute atomic E-state index is 0.0955. The van der Waals surface area contributed by atoms with Crippen molar-refractivity contribution in [2.24, 2.45) is 23.7 Å². The fourth-order valence-electron chi connectivity index (χ4n) is 2.74. The first-order valence-electron chi connectivity index (χ1n) is 8.75. The van der Waals surface area contributed by atoms with E-state index in [0.29, 0.717) is 25.0 Å². The normalized spacial score (nSPS) is 15.8. The molecule has 0 aromatic rings. The van der Waals surface area contributed by atoms with Gasteiger partial charge in [0.2, 0.25) is 0 Å². The molecule has 128 valence electrons. The molecule has 0 N–H and O–H groups in total. The van der Waals surface area contributed by atoms with Gasteiger partial charge in [-0.15, -0.1) is 0 Å². The van der Waals surface area contributed by atoms with E-state index >= 15 is 0 Å². The van der Waals surface area contributed by atoms with Gasteiger partial charge in [-0.3, -0.25) is 9.59 Å². The van der Waals surface area contributed by atoms with Crippen LogP contribution in [-0.2, 0) is 19.1 Å². The van der Waals surface area contributed by atoms with Crippen LogP contribution in [0.5, 0.6) is 0 Å². The lowest BCUT2D eigenvalue weighted by Gasteiger charge is -2.21. The van der Waals surface area contributed by atoms with Crippen LogP contribution >= 0.6 is 0 Å². The Bertz CT molecular complexity index is 317. The van der Waals surface area contributed by atoms with Gasteiger partial charge in [0.1, 0.15) is 0 Å². The molecule has 0 heterocycles. The predicted molar refractivity (Wildman–Crippen MR) is 86.3 cm³/mol. The molecule has 1 aliphatic rings. The second-order valence-corrected chi connectivity index (χ2v) is 7.22. The molecule has 0 radical (unpaired) electrons. The number of hydrogen-bond donors (Lipinski definition) is 0. The fraction of sp³-hybridized carbons (Fsp3) is 0.889. The summed E-state index contributed by atoms with van der Waals surface area (Å²) in [5, 5.41) is 0. The van der Waals surface area contributed by atoms with Gasteiger partial charge in [0.05, 0.1) is 13.2 Å². The Morgan fingerprint density at radius 3 is 1.64 bits per heavy atom. The molecule has 1 saturated carbocycles. The van der Waals surface area contributed by atoms with Crippen LogP contribution in [0.4, 0.5) is 0 Å². The molecule has 0 spiro atoms. The van der Waals surface area contributed by atoms with Crippen molar-refractivity contribution in [3.8, 4) is 0 Å². The van der Waals surface area contributed by atoms with Gasteiger partial charge in [0.25, 0.3) is 0 Å². The number of hydrogen-bond acceptors (Lipinski definition) is 4. The molecule has 1 rings (SSSR count). The molecule has 0 aliphatic heterocycles. The first-order chi connectivity index (χ1) is 10.4. The van der Waals surface area contributed by atoms with E-state index in [4.69, 9.17) is 9.47 Å². The number of rotatable bonds is 9. The standard InChI is InChI=1S/C18H32O4/c1-13(2)9-11-21-17(19)16(15-7-5-6-8-15)18(20)22-12-10-14(3)4/h13-16H,5-12H2,1-4H3. The van der Waals surface area contributed by atoms with E-state index in [1.54, 1.807) is 0 Å². The molecule has 1 fully saturated rings. The van der Waals surface area contributed by atoms with E-state index in [9.17, 15) is 9.59 Å². The lowest BCUT2D eigenvalue weighted by Crippen LogP contribution is -2.34. The van der Waals surface area contributed by atoms with E-state index in [2.05, 4.69) is 27.7 Å². The molecule has 22 heavy (non-hydrogen) atoms. The summed E-state index contributed by atoms with van der Waals surface area (Å²) in [4.78, 5) is 24.7. The maximum absolute atomic E-state index is 12.3. The van der Waals surface area contributed by atoms with E-state index < -0.39 is 5.92 Å². The molecule has 0 aromatic heterocycles. The fourth-order valence-corrected chi connectivity index (χ4v) is 2.74. The zero-order valence-electron chi connectivity index (χ0n) is 14.6. The SMILES string of the molecule is CC(C)CCOC(=O)C(C(=O)OCCC(C)C)C1CCCC1. The van der Waals surface area contributed by atoms with Gasteiger partial charge in [-0.2, -0.15) is 0 Å². The molecule has 0 amide bonds. The average molecular weight is 312 g/mol. The highest BCUT2D eigenvalue weighted by Crippen LogP contribution is 2.33. The Morgan fingerprint density at radius 2 is 1.27 bits per heavy atom. The molecule has 4 heteroatoms. The summed E-state index contributed by atoms with van der Waals surface area (Å²) < 4.78 is 10.7. The van der Waals surface area contributed by atoms with E-state index in [1.165, 1.54) is 0 Å². The summed E-state index contributed by atoms with van der Waals surface area (Å²) >= 11 is 0. The smallest absolute Gasteiger partial charge is 0.320 e. The number of ether oxygens (including phenoxy) is 2. The largest absolute Gasteiger partial charge is 0.465 e. The minimum Gasteiger partial charge on any atom is -0.465 e. The van der Waals surface area contributed by atoms with Crippen LogP contribution in [0, 0.1) is 23.7 Å².